The molecule has 1 amide bonds. The first kappa shape index (κ1) is 16.8. The summed E-state index contributed by atoms with van der Waals surface area (Å²) in [4.78, 5) is 18.4. The number of halogens is 1. The number of hydrogen-bond acceptors (Lipinski definition) is 4. The zero-order valence-electron chi connectivity index (χ0n) is 13.9. The van der Waals surface area contributed by atoms with Gasteiger partial charge in [-0.05, 0) is 17.7 Å². The smallest absolute Gasteiger partial charge is 0.255 e. The van der Waals surface area contributed by atoms with Gasteiger partial charge in [0.05, 0.1) is 35.1 Å². The topological polar surface area (TPSA) is 71.2 Å². The van der Waals surface area contributed by atoms with Crippen LogP contribution in [-0.2, 0) is 13.1 Å². The van der Waals surface area contributed by atoms with E-state index in [-0.39, 0.29) is 5.91 Å². The molecule has 0 spiro atoms. The van der Waals surface area contributed by atoms with Crippen molar-refractivity contribution in [2.45, 2.75) is 19.2 Å². The van der Waals surface area contributed by atoms with E-state index >= 15 is 0 Å². The number of carbonyl (C=O) groups excluding carboxylic acids is 1. The van der Waals surface area contributed by atoms with Gasteiger partial charge in [-0.3, -0.25) is 14.5 Å². The molecule has 1 aliphatic rings. The average molecular weight is 369 g/mol. The summed E-state index contributed by atoms with van der Waals surface area (Å²) in [5.74, 6) is -0.130. The fraction of sp³-hybridized carbons (Fsp3) is 0.211. The second-order valence-corrected chi connectivity index (χ2v) is 6.59. The minimum atomic E-state index is -0.784. The quantitative estimate of drug-likeness (QED) is 0.771. The van der Waals surface area contributed by atoms with E-state index in [9.17, 15) is 9.90 Å². The molecule has 4 rings (SSSR count). The molecule has 0 bridgehead atoms. The SMILES string of the molecule is O=C(c1ccncc1Cl)N1CCn2nc([C@H](O)c3ccccc3)cc2C1. The van der Waals surface area contributed by atoms with Crippen LogP contribution in [0, 0.1) is 0 Å². The summed E-state index contributed by atoms with van der Waals surface area (Å²) in [5.41, 5.74) is 2.71. The van der Waals surface area contributed by atoms with Crippen LogP contribution in [0.25, 0.3) is 0 Å². The van der Waals surface area contributed by atoms with Crippen LogP contribution in [0.1, 0.15) is 33.4 Å². The maximum Gasteiger partial charge on any atom is 0.255 e. The van der Waals surface area contributed by atoms with Gasteiger partial charge in [0.25, 0.3) is 5.91 Å². The summed E-state index contributed by atoms with van der Waals surface area (Å²) in [6.07, 6.45) is 2.24. The van der Waals surface area contributed by atoms with Crippen molar-refractivity contribution in [2.75, 3.05) is 6.54 Å². The molecular weight excluding hydrogens is 352 g/mol. The van der Waals surface area contributed by atoms with Crippen molar-refractivity contribution in [3.05, 3.63) is 82.4 Å². The summed E-state index contributed by atoms with van der Waals surface area (Å²) in [5, 5.41) is 15.4. The van der Waals surface area contributed by atoms with Crippen molar-refractivity contribution in [3.8, 4) is 0 Å². The summed E-state index contributed by atoms with van der Waals surface area (Å²) in [6, 6.07) is 12.9. The van der Waals surface area contributed by atoms with Crippen LogP contribution in [-0.4, -0.2) is 37.2 Å². The van der Waals surface area contributed by atoms with Gasteiger partial charge in [0.2, 0.25) is 0 Å². The van der Waals surface area contributed by atoms with E-state index in [1.807, 2.05) is 41.1 Å². The van der Waals surface area contributed by atoms with E-state index in [1.165, 1.54) is 6.20 Å². The van der Waals surface area contributed by atoms with E-state index in [2.05, 4.69) is 10.1 Å². The second-order valence-electron chi connectivity index (χ2n) is 6.18. The number of hydrogen-bond donors (Lipinski definition) is 1. The van der Waals surface area contributed by atoms with Gasteiger partial charge in [-0.1, -0.05) is 41.9 Å². The Morgan fingerprint density at radius 1 is 1.19 bits per heavy atom. The molecule has 132 valence electrons. The van der Waals surface area contributed by atoms with E-state index in [1.54, 1.807) is 17.2 Å². The number of rotatable bonds is 3. The Morgan fingerprint density at radius 2 is 2.00 bits per heavy atom. The van der Waals surface area contributed by atoms with Crippen molar-refractivity contribution < 1.29 is 9.90 Å². The monoisotopic (exact) mass is 368 g/mol. The molecule has 1 aromatic carbocycles. The Labute approximate surface area is 155 Å². The minimum Gasteiger partial charge on any atom is -0.382 e. The van der Waals surface area contributed by atoms with Crippen LogP contribution in [0.5, 0.6) is 0 Å². The van der Waals surface area contributed by atoms with Crippen LogP contribution in [0.2, 0.25) is 5.02 Å². The van der Waals surface area contributed by atoms with Crippen molar-refractivity contribution in [1.29, 1.82) is 0 Å². The van der Waals surface area contributed by atoms with Gasteiger partial charge in [-0.2, -0.15) is 5.10 Å². The minimum absolute atomic E-state index is 0.130. The normalized spacial score (nSPS) is 14.8. The van der Waals surface area contributed by atoms with Gasteiger partial charge in [0, 0.05) is 18.9 Å². The van der Waals surface area contributed by atoms with Crippen LogP contribution in [0.3, 0.4) is 0 Å². The predicted octanol–water partition coefficient (Wildman–Crippen LogP) is 2.67. The molecule has 26 heavy (non-hydrogen) atoms. The molecule has 0 radical (unpaired) electrons. The Bertz CT molecular complexity index is 942. The Morgan fingerprint density at radius 3 is 2.77 bits per heavy atom. The number of carbonyl (C=O) groups is 1. The van der Waals surface area contributed by atoms with Gasteiger partial charge in [0.1, 0.15) is 6.10 Å². The molecule has 1 atom stereocenters. The number of nitrogens with zero attached hydrogens (tertiary/aromatic N) is 4. The van der Waals surface area contributed by atoms with Gasteiger partial charge in [-0.25, -0.2) is 0 Å². The Kier molecular flexibility index (Phi) is 4.44. The first-order chi connectivity index (χ1) is 12.6. The van der Waals surface area contributed by atoms with Crippen LogP contribution in [0.4, 0.5) is 0 Å². The maximum atomic E-state index is 12.7. The molecule has 2 aromatic heterocycles. The summed E-state index contributed by atoms with van der Waals surface area (Å²) in [6.45, 7) is 1.53. The summed E-state index contributed by atoms with van der Waals surface area (Å²) < 4.78 is 1.85. The number of aliphatic hydroxyl groups is 1. The fourth-order valence-corrected chi connectivity index (χ4v) is 3.32. The second kappa shape index (κ2) is 6.90. The van der Waals surface area contributed by atoms with E-state index in [0.717, 1.165) is 11.3 Å². The lowest BCUT2D eigenvalue weighted by molar-refractivity contribution is 0.0706. The van der Waals surface area contributed by atoms with Crippen molar-refractivity contribution in [2.24, 2.45) is 0 Å². The number of benzene rings is 1. The van der Waals surface area contributed by atoms with Gasteiger partial charge < -0.3 is 10.0 Å². The number of aliphatic hydroxyl groups excluding tert-OH is 1. The van der Waals surface area contributed by atoms with E-state index < -0.39 is 6.10 Å². The standard InChI is InChI=1S/C19H17ClN4O2/c20-16-11-21-7-6-15(16)19(26)23-8-9-24-14(12-23)10-17(22-24)18(25)13-4-2-1-3-5-13/h1-7,10-11,18,25H,8-9,12H2/t18-/m1/s1. The van der Waals surface area contributed by atoms with Crippen molar-refractivity contribution >= 4 is 17.5 Å². The van der Waals surface area contributed by atoms with Crippen LogP contribution >= 0.6 is 11.6 Å². The van der Waals surface area contributed by atoms with Crippen LogP contribution < -0.4 is 0 Å². The molecule has 3 heterocycles. The fourth-order valence-electron chi connectivity index (χ4n) is 3.12. The molecule has 0 saturated carbocycles. The maximum absolute atomic E-state index is 12.7. The first-order valence-electron chi connectivity index (χ1n) is 8.32. The number of amides is 1. The highest BCUT2D eigenvalue weighted by atomic mass is 35.5. The lowest BCUT2D eigenvalue weighted by atomic mass is 10.1. The lowest BCUT2D eigenvalue weighted by Gasteiger charge is -2.27. The Hall–Kier alpha value is -2.70. The van der Waals surface area contributed by atoms with E-state index in [4.69, 9.17) is 11.6 Å². The van der Waals surface area contributed by atoms with Gasteiger partial charge in [-0.15, -0.1) is 0 Å². The molecular formula is C19H17ClN4O2. The molecule has 0 aliphatic carbocycles. The average Bonchev–Trinajstić information content (AvgIpc) is 3.11. The first-order valence-corrected chi connectivity index (χ1v) is 8.69. The molecule has 0 unspecified atom stereocenters. The van der Waals surface area contributed by atoms with Gasteiger partial charge in [0.15, 0.2) is 0 Å². The van der Waals surface area contributed by atoms with Crippen molar-refractivity contribution in [1.82, 2.24) is 19.7 Å². The molecule has 1 aliphatic heterocycles. The highest BCUT2D eigenvalue weighted by Gasteiger charge is 2.26. The molecule has 6 nitrogen and oxygen atoms in total. The summed E-state index contributed by atoms with van der Waals surface area (Å²) >= 11 is 6.09. The van der Waals surface area contributed by atoms with E-state index in [0.29, 0.717) is 35.9 Å². The number of aromatic nitrogens is 3. The molecule has 3 aromatic rings. The number of pyridine rings is 1. The zero-order chi connectivity index (χ0) is 18.1. The third-order valence-electron chi connectivity index (χ3n) is 4.50. The largest absolute Gasteiger partial charge is 0.382 e. The lowest BCUT2D eigenvalue weighted by Crippen LogP contribution is -2.38. The molecule has 0 fully saturated rings. The highest BCUT2D eigenvalue weighted by molar-refractivity contribution is 6.33. The predicted molar refractivity (Wildman–Crippen MR) is 96.7 cm³/mol. The highest BCUT2D eigenvalue weighted by Crippen LogP contribution is 2.25. The Balaban J connectivity index is 1.55. The summed E-state index contributed by atoms with van der Waals surface area (Å²) in [7, 11) is 0. The molecule has 7 heteroatoms. The molecule has 0 saturated heterocycles. The molecule has 1 N–H and O–H groups in total. The zero-order valence-corrected chi connectivity index (χ0v) is 14.7. The third-order valence-corrected chi connectivity index (χ3v) is 4.80. The van der Waals surface area contributed by atoms with Crippen LogP contribution in [0.15, 0.2) is 54.9 Å². The third kappa shape index (κ3) is 3.09. The number of fused-ring (bicyclic) bond motifs is 1. The van der Waals surface area contributed by atoms with Crippen molar-refractivity contribution in [3.63, 3.8) is 0 Å². The van der Waals surface area contributed by atoms with Gasteiger partial charge >= 0.3 is 0 Å².